The maximum Gasteiger partial charge on any atom is 0.242 e. The molecule has 0 aromatic carbocycles. The molecule has 5 nitrogen and oxygen atoms in total. The number of nitrogens with one attached hydrogen (secondary N) is 2. The van der Waals surface area contributed by atoms with Crippen LogP contribution < -0.4 is 10.6 Å². The maximum atomic E-state index is 12.1. The molecule has 0 aliphatic carbocycles. The second-order valence-corrected chi connectivity index (χ2v) is 4.21. The summed E-state index contributed by atoms with van der Waals surface area (Å²) in [5, 5.41) is 5.90. The normalized spacial score (nSPS) is 22.8. The Labute approximate surface area is 96.6 Å². The molecule has 1 heterocycles. The molecule has 2 atom stereocenters. The van der Waals surface area contributed by atoms with Crippen molar-refractivity contribution in [2.24, 2.45) is 5.92 Å². The van der Waals surface area contributed by atoms with Crippen LogP contribution in [0.15, 0.2) is 0 Å². The molecular weight excluding hydrogens is 206 g/mol. The van der Waals surface area contributed by atoms with Crippen LogP contribution in [-0.4, -0.2) is 48.9 Å². The van der Waals surface area contributed by atoms with Gasteiger partial charge in [0, 0.05) is 25.6 Å². The van der Waals surface area contributed by atoms with Crippen LogP contribution >= 0.6 is 0 Å². The first kappa shape index (κ1) is 13.0. The fourth-order valence-corrected chi connectivity index (χ4v) is 1.81. The second kappa shape index (κ2) is 5.84. The molecule has 1 rings (SSSR count). The number of piperazine rings is 1. The summed E-state index contributed by atoms with van der Waals surface area (Å²) in [7, 11) is 0. The van der Waals surface area contributed by atoms with E-state index >= 15 is 0 Å². The molecule has 1 fully saturated rings. The van der Waals surface area contributed by atoms with E-state index < -0.39 is 0 Å². The largest absolute Gasteiger partial charge is 0.353 e. The van der Waals surface area contributed by atoms with Crippen LogP contribution in [0.25, 0.3) is 0 Å². The van der Waals surface area contributed by atoms with Crippen molar-refractivity contribution < 1.29 is 9.59 Å². The summed E-state index contributed by atoms with van der Waals surface area (Å²) < 4.78 is 0. The van der Waals surface area contributed by atoms with Crippen molar-refractivity contribution in [3.63, 3.8) is 0 Å². The van der Waals surface area contributed by atoms with Crippen LogP contribution in [0.4, 0.5) is 0 Å². The van der Waals surface area contributed by atoms with E-state index in [9.17, 15) is 9.59 Å². The van der Waals surface area contributed by atoms with Crippen LogP contribution in [0.5, 0.6) is 0 Å². The number of hydrogen-bond donors (Lipinski definition) is 2. The second-order valence-electron chi connectivity index (χ2n) is 4.21. The van der Waals surface area contributed by atoms with Crippen molar-refractivity contribution in [3.8, 4) is 0 Å². The van der Waals surface area contributed by atoms with Crippen LogP contribution in [0, 0.1) is 5.92 Å². The van der Waals surface area contributed by atoms with Gasteiger partial charge in [-0.25, -0.2) is 0 Å². The van der Waals surface area contributed by atoms with E-state index in [0.29, 0.717) is 19.6 Å². The number of carbonyl (C=O) groups excluding carboxylic acids is 2. The van der Waals surface area contributed by atoms with Crippen molar-refractivity contribution in [3.05, 3.63) is 0 Å². The highest BCUT2D eigenvalue weighted by Crippen LogP contribution is 2.09. The Morgan fingerprint density at radius 1 is 1.69 bits per heavy atom. The maximum absolute atomic E-state index is 12.1. The summed E-state index contributed by atoms with van der Waals surface area (Å²) >= 11 is 0. The first-order chi connectivity index (χ1) is 7.57. The van der Waals surface area contributed by atoms with Crippen LogP contribution in [-0.2, 0) is 9.59 Å². The molecule has 0 bridgehead atoms. The van der Waals surface area contributed by atoms with E-state index in [1.807, 2.05) is 13.8 Å². The quantitative estimate of drug-likeness (QED) is 0.685. The van der Waals surface area contributed by atoms with E-state index in [1.165, 1.54) is 0 Å². The highest BCUT2D eigenvalue weighted by atomic mass is 16.2. The Morgan fingerprint density at radius 3 is 3.00 bits per heavy atom. The molecular formula is C11H21N3O2. The summed E-state index contributed by atoms with van der Waals surface area (Å²) in [6.45, 7) is 8.36. The average molecular weight is 227 g/mol. The molecule has 2 N–H and O–H groups in total. The van der Waals surface area contributed by atoms with E-state index in [2.05, 4.69) is 10.6 Å². The molecule has 0 aromatic rings. The minimum absolute atomic E-state index is 0.0586. The molecule has 92 valence electrons. The summed E-state index contributed by atoms with van der Waals surface area (Å²) in [5.41, 5.74) is 0. The van der Waals surface area contributed by atoms with E-state index in [4.69, 9.17) is 0 Å². The van der Waals surface area contributed by atoms with Gasteiger partial charge in [-0.05, 0) is 13.5 Å². The molecule has 1 saturated heterocycles. The predicted molar refractivity (Wildman–Crippen MR) is 61.9 cm³/mol. The number of carbonyl (C=O) groups is 2. The SMILES string of the molecule is CCNCC(C)C(=O)N1CCNC(=O)C1C. The summed E-state index contributed by atoms with van der Waals surface area (Å²) in [5.74, 6) is -0.0770. The zero-order chi connectivity index (χ0) is 12.1. The third kappa shape index (κ3) is 2.95. The van der Waals surface area contributed by atoms with Gasteiger partial charge in [0.25, 0.3) is 0 Å². The van der Waals surface area contributed by atoms with E-state index in [-0.39, 0.29) is 23.8 Å². The summed E-state index contributed by atoms with van der Waals surface area (Å²) in [6, 6.07) is -0.342. The Balaban J connectivity index is 2.54. The van der Waals surface area contributed by atoms with Gasteiger partial charge in [0.2, 0.25) is 11.8 Å². The highest BCUT2D eigenvalue weighted by Gasteiger charge is 2.31. The Morgan fingerprint density at radius 2 is 2.38 bits per heavy atom. The van der Waals surface area contributed by atoms with Crippen LogP contribution in [0.3, 0.4) is 0 Å². The molecule has 16 heavy (non-hydrogen) atoms. The molecule has 0 radical (unpaired) electrons. The first-order valence-corrected chi connectivity index (χ1v) is 5.86. The average Bonchev–Trinajstić information content (AvgIpc) is 2.28. The Hall–Kier alpha value is -1.10. The smallest absolute Gasteiger partial charge is 0.242 e. The van der Waals surface area contributed by atoms with E-state index in [0.717, 1.165) is 6.54 Å². The molecule has 0 spiro atoms. The lowest BCUT2D eigenvalue weighted by Crippen LogP contribution is -2.57. The molecule has 0 saturated carbocycles. The van der Waals surface area contributed by atoms with Crippen LogP contribution in [0.2, 0.25) is 0 Å². The number of nitrogens with zero attached hydrogens (tertiary/aromatic N) is 1. The zero-order valence-electron chi connectivity index (χ0n) is 10.2. The fourth-order valence-electron chi connectivity index (χ4n) is 1.81. The van der Waals surface area contributed by atoms with Gasteiger partial charge in [-0.1, -0.05) is 13.8 Å². The fraction of sp³-hybridized carbons (Fsp3) is 0.818. The van der Waals surface area contributed by atoms with Crippen molar-refractivity contribution in [2.45, 2.75) is 26.8 Å². The number of hydrogen-bond acceptors (Lipinski definition) is 3. The minimum Gasteiger partial charge on any atom is -0.353 e. The van der Waals surface area contributed by atoms with Crippen molar-refractivity contribution >= 4 is 11.8 Å². The van der Waals surface area contributed by atoms with Gasteiger partial charge in [-0.2, -0.15) is 0 Å². The predicted octanol–water partition coefficient (Wildman–Crippen LogP) is -0.421. The molecule has 2 unspecified atom stereocenters. The van der Waals surface area contributed by atoms with Crippen LogP contribution in [0.1, 0.15) is 20.8 Å². The molecule has 5 heteroatoms. The summed E-state index contributed by atoms with van der Waals surface area (Å²) in [4.78, 5) is 25.2. The molecule has 2 amide bonds. The standard InChI is InChI=1S/C11H21N3O2/c1-4-12-7-8(2)11(16)14-6-5-13-10(15)9(14)3/h8-9,12H,4-7H2,1-3H3,(H,13,15). The molecule has 1 aliphatic heterocycles. The topological polar surface area (TPSA) is 61.4 Å². The molecule has 1 aliphatic rings. The monoisotopic (exact) mass is 227 g/mol. The van der Waals surface area contributed by atoms with Gasteiger partial charge >= 0.3 is 0 Å². The lowest BCUT2D eigenvalue weighted by molar-refractivity contribution is -0.145. The van der Waals surface area contributed by atoms with Crippen molar-refractivity contribution in [1.82, 2.24) is 15.5 Å². The van der Waals surface area contributed by atoms with Gasteiger partial charge < -0.3 is 15.5 Å². The van der Waals surface area contributed by atoms with Gasteiger partial charge in [-0.3, -0.25) is 9.59 Å². The number of amides is 2. The third-order valence-electron chi connectivity index (χ3n) is 2.90. The zero-order valence-corrected chi connectivity index (χ0v) is 10.2. The Kier molecular flexibility index (Phi) is 4.73. The van der Waals surface area contributed by atoms with Gasteiger partial charge in [0.1, 0.15) is 6.04 Å². The lowest BCUT2D eigenvalue weighted by atomic mass is 10.1. The van der Waals surface area contributed by atoms with Crippen molar-refractivity contribution in [2.75, 3.05) is 26.2 Å². The Bertz CT molecular complexity index is 268. The third-order valence-corrected chi connectivity index (χ3v) is 2.90. The van der Waals surface area contributed by atoms with Gasteiger partial charge in [0.05, 0.1) is 0 Å². The van der Waals surface area contributed by atoms with Gasteiger partial charge in [-0.15, -0.1) is 0 Å². The van der Waals surface area contributed by atoms with Crippen molar-refractivity contribution in [1.29, 1.82) is 0 Å². The van der Waals surface area contributed by atoms with Gasteiger partial charge in [0.15, 0.2) is 0 Å². The minimum atomic E-state index is -0.342. The summed E-state index contributed by atoms with van der Waals surface area (Å²) in [6.07, 6.45) is 0. The number of rotatable bonds is 4. The highest BCUT2D eigenvalue weighted by molar-refractivity contribution is 5.89. The first-order valence-electron chi connectivity index (χ1n) is 5.86. The molecule has 0 aromatic heterocycles. The lowest BCUT2D eigenvalue weighted by Gasteiger charge is -2.34. The van der Waals surface area contributed by atoms with E-state index in [1.54, 1.807) is 11.8 Å².